The van der Waals surface area contributed by atoms with Crippen LogP contribution in [0.15, 0.2) is 28.6 Å². The Balaban J connectivity index is 1.97. The molecule has 0 bridgehead atoms. The molecule has 0 aliphatic carbocycles. The van der Waals surface area contributed by atoms with E-state index in [0.717, 1.165) is 0 Å². The fourth-order valence-corrected chi connectivity index (χ4v) is 3.01. The van der Waals surface area contributed by atoms with Crippen LogP contribution in [0.25, 0.3) is 0 Å². The van der Waals surface area contributed by atoms with Gasteiger partial charge in [-0.25, -0.2) is 0 Å². The number of hydrogen-bond acceptors (Lipinski definition) is 8. The number of hydrogen-bond donors (Lipinski definition) is 1. The van der Waals surface area contributed by atoms with Crippen LogP contribution in [-0.2, 0) is 9.53 Å². The Kier molecular flexibility index (Phi) is 5.73. The molecule has 1 aromatic heterocycles. The lowest BCUT2D eigenvalue weighted by Crippen LogP contribution is -2.11. The minimum absolute atomic E-state index is 0.148. The summed E-state index contributed by atoms with van der Waals surface area (Å²) in [5.74, 6) is 0.0931. The third kappa shape index (κ3) is 4.43. The number of esters is 1. The van der Waals surface area contributed by atoms with Gasteiger partial charge in [-0.15, -0.1) is 10.2 Å². The molecule has 2 rings (SSSR count). The molecular weight excluding hydrogens is 326 g/mol. The lowest BCUT2D eigenvalue weighted by Gasteiger charge is -2.03. The van der Waals surface area contributed by atoms with E-state index >= 15 is 0 Å². The minimum atomic E-state index is -0.345. The molecule has 1 aromatic carbocycles. The van der Waals surface area contributed by atoms with Crippen molar-refractivity contribution in [3.8, 4) is 5.75 Å². The first-order valence-corrected chi connectivity index (χ1v) is 7.91. The van der Waals surface area contributed by atoms with E-state index in [-0.39, 0.29) is 17.6 Å². The van der Waals surface area contributed by atoms with Gasteiger partial charge in [-0.3, -0.25) is 14.9 Å². The molecule has 22 heavy (non-hydrogen) atoms. The van der Waals surface area contributed by atoms with Crippen LogP contribution in [0.1, 0.15) is 10.4 Å². The molecule has 0 fully saturated rings. The minimum Gasteiger partial charge on any atom is -0.497 e. The highest BCUT2D eigenvalue weighted by Gasteiger charge is 2.12. The zero-order valence-corrected chi connectivity index (χ0v) is 13.5. The lowest BCUT2D eigenvalue weighted by atomic mass is 10.2. The highest BCUT2D eigenvalue weighted by molar-refractivity contribution is 8.01. The first kappa shape index (κ1) is 16.2. The van der Waals surface area contributed by atoms with Gasteiger partial charge >= 0.3 is 5.97 Å². The van der Waals surface area contributed by atoms with Gasteiger partial charge in [0, 0.05) is 5.56 Å². The Morgan fingerprint density at radius 1 is 1.32 bits per heavy atom. The van der Waals surface area contributed by atoms with Gasteiger partial charge in [-0.2, -0.15) is 0 Å². The largest absolute Gasteiger partial charge is 0.497 e. The van der Waals surface area contributed by atoms with Crippen molar-refractivity contribution in [3.05, 3.63) is 29.8 Å². The SMILES string of the molecule is COC(=O)CSc1nnc(NC(=O)c2cccc(OC)c2)s1. The Hall–Kier alpha value is -2.13. The van der Waals surface area contributed by atoms with Gasteiger partial charge in [0.05, 0.1) is 20.0 Å². The molecule has 0 unspecified atom stereocenters. The number of thioether (sulfide) groups is 1. The summed E-state index contributed by atoms with van der Waals surface area (Å²) in [6.07, 6.45) is 0. The second-order valence-electron chi connectivity index (χ2n) is 3.92. The summed E-state index contributed by atoms with van der Waals surface area (Å²) in [5, 5.41) is 10.8. The van der Waals surface area contributed by atoms with Crippen molar-refractivity contribution in [1.82, 2.24) is 10.2 Å². The lowest BCUT2D eigenvalue weighted by molar-refractivity contribution is -0.137. The van der Waals surface area contributed by atoms with Crippen molar-refractivity contribution in [1.29, 1.82) is 0 Å². The first-order chi connectivity index (χ1) is 10.6. The molecular formula is C13H13N3O4S2. The van der Waals surface area contributed by atoms with E-state index in [0.29, 0.717) is 20.8 Å². The van der Waals surface area contributed by atoms with Gasteiger partial charge in [0.25, 0.3) is 5.91 Å². The zero-order valence-electron chi connectivity index (χ0n) is 11.9. The Labute approximate surface area is 135 Å². The number of amides is 1. The molecule has 1 heterocycles. The molecule has 1 amide bonds. The molecule has 116 valence electrons. The summed E-state index contributed by atoms with van der Waals surface area (Å²) in [6.45, 7) is 0. The average molecular weight is 339 g/mol. The number of aromatic nitrogens is 2. The third-order valence-electron chi connectivity index (χ3n) is 2.50. The molecule has 9 heteroatoms. The maximum atomic E-state index is 12.1. The van der Waals surface area contributed by atoms with Crippen molar-refractivity contribution in [2.75, 3.05) is 25.3 Å². The number of nitrogens with zero attached hydrogens (tertiary/aromatic N) is 2. The first-order valence-electron chi connectivity index (χ1n) is 6.11. The third-order valence-corrected chi connectivity index (χ3v) is 4.45. The van der Waals surface area contributed by atoms with E-state index in [9.17, 15) is 9.59 Å². The number of carbonyl (C=O) groups is 2. The predicted octanol–water partition coefficient (Wildman–Crippen LogP) is 2.06. The van der Waals surface area contributed by atoms with Gasteiger partial charge < -0.3 is 9.47 Å². The number of nitrogens with one attached hydrogen (secondary N) is 1. The molecule has 2 aromatic rings. The van der Waals surface area contributed by atoms with Crippen LogP contribution in [0.4, 0.5) is 5.13 Å². The van der Waals surface area contributed by atoms with Gasteiger partial charge in [-0.1, -0.05) is 29.2 Å². The summed E-state index contributed by atoms with van der Waals surface area (Å²) in [5.41, 5.74) is 0.457. The van der Waals surface area contributed by atoms with Gasteiger partial charge in [0.1, 0.15) is 5.75 Å². The van der Waals surface area contributed by atoms with Crippen LogP contribution in [0, 0.1) is 0 Å². The number of methoxy groups -OCH3 is 2. The second kappa shape index (κ2) is 7.76. The van der Waals surface area contributed by atoms with Gasteiger partial charge in [0.2, 0.25) is 5.13 Å². The fraction of sp³-hybridized carbons (Fsp3) is 0.231. The monoisotopic (exact) mass is 339 g/mol. The summed E-state index contributed by atoms with van der Waals surface area (Å²) in [6, 6.07) is 6.78. The Morgan fingerprint density at radius 2 is 2.14 bits per heavy atom. The highest BCUT2D eigenvalue weighted by Crippen LogP contribution is 2.26. The summed E-state index contributed by atoms with van der Waals surface area (Å²) in [4.78, 5) is 23.1. The quantitative estimate of drug-likeness (QED) is 0.489. The summed E-state index contributed by atoms with van der Waals surface area (Å²) < 4.78 is 10.2. The molecule has 7 nitrogen and oxygen atoms in total. The van der Waals surface area contributed by atoms with Crippen molar-refractivity contribution in [3.63, 3.8) is 0 Å². The number of ether oxygens (including phenoxy) is 2. The molecule has 0 radical (unpaired) electrons. The summed E-state index contributed by atoms with van der Waals surface area (Å²) in [7, 11) is 2.86. The number of benzene rings is 1. The number of carbonyl (C=O) groups excluding carboxylic acids is 2. The van der Waals surface area contributed by atoms with E-state index in [1.807, 2.05) is 0 Å². The Bertz CT molecular complexity index is 675. The fourth-order valence-electron chi connectivity index (χ4n) is 1.43. The number of rotatable bonds is 6. The average Bonchev–Trinajstić information content (AvgIpc) is 3.00. The van der Waals surface area contributed by atoms with Crippen LogP contribution in [0.3, 0.4) is 0 Å². The molecule has 0 saturated carbocycles. The standard InChI is InChI=1S/C13H13N3O4S2/c1-19-9-5-3-4-8(6-9)11(18)14-12-15-16-13(22-12)21-7-10(17)20-2/h3-6H,7H2,1-2H3,(H,14,15,18). The van der Waals surface area contributed by atoms with Crippen molar-refractivity contribution >= 4 is 40.1 Å². The smallest absolute Gasteiger partial charge is 0.316 e. The van der Waals surface area contributed by atoms with Gasteiger partial charge in [-0.05, 0) is 18.2 Å². The maximum Gasteiger partial charge on any atom is 0.316 e. The predicted molar refractivity (Wildman–Crippen MR) is 83.6 cm³/mol. The van der Waals surface area contributed by atoms with E-state index in [1.54, 1.807) is 24.3 Å². The van der Waals surface area contributed by atoms with E-state index in [4.69, 9.17) is 4.74 Å². The second-order valence-corrected chi connectivity index (χ2v) is 6.12. The normalized spacial score (nSPS) is 10.1. The molecule has 1 N–H and O–H groups in total. The maximum absolute atomic E-state index is 12.1. The van der Waals surface area contributed by atoms with Gasteiger partial charge in [0.15, 0.2) is 4.34 Å². The van der Waals surface area contributed by atoms with Crippen LogP contribution < -0.4 is 10.1 Å². The highest BCUT2D eigenvalue weighted by atomic mass is 32.2. The van der Waals surface area contributed by atoms with E-state index in [1.165, 1.54) is 37.3 Å². The van der Waals surface area contributed by atoms with E-state index < -0.39 is 0 Å². The molecule has 0 aliphatic heterocycles. The van der Waals surface area contributed by atoms with Crippen molar-refractivity contribution in [2.24, 2.45) is 0 Å². The van der Waals surface area contributed by atoms with Crippen LogP contribution in [-0.4, -0.2) is 42.0 Å². The molecule has 0 saturated heterocycles. The molecule has 0 atom stereocenters. The molecule has 0 aliphatic rings. The van der Waals surface area contributed by atoms with Crippen LogP contribution in [0.5, 0.6) is 5.75 Å². The Morgan fingerprint density at radius 3 is 2.86 bits per heavy atom. The van der Waals surface area contributed by atoms with Crippen molar-refractivity contribution < 1.29 is 19.1 Å². The summed E-state index contributed by atoms with van der Waals surface area (Å²) >= 11 is 2.39. The van der Waals surface area contributed by atoms with Crippen LogP contribution >= 0.6 is 23.1 Å². The topological polar surface area (TPSA) is 90.4 Å². The van der Waals surface area contributed by atoms with Crippen molar-refractivity contribution in [2.45, 2.75) is 4.34 Å². The van der Waals surface area contributed by atoms with E-state index in [2.05, 4.69) is 20.3 Å². The molecule has 0 spiro atoms. The zero-order chi connectivity index (χ0) is 15.9. The number of anilines is 1. The van der Waals surface area contributed by atoms with Crippen LogP contribution in [0.2, 0.25) is 0 Å².